The maximum Gasteiger partial charge on any atom is 0.290 e. The van der Waals surface area contributed by atoms with Gasteiger partial charge in [-0.25, -0.2) is 0 Å². The summed E-state index contributed by atoms with van der Waals surface area (Å²) in [6.07, 6.45) is 10.9. The van der Waals surface area contributed by atoms with E-state index in [1.807, 2.05) is 11.0 Å². The number of carbonyl (C=O) groups is 2. The van der Waals surface area contributed by atoms with Gasteiger partial charge in [0.25, 0.3) is 5.91 Å². The van der Waals surface area contributed by atoms with Gasteiger partial charge in [-0.2, -0.15) is 0 Å². The first-order chi connectivity index (χ1) is 17.2. The van der Waals surface area contributed by atoms with Gasteiger partial charge in [0.2, 0.25) is 5.91 Å². The molecule has 4 rings (SSSR count). The molecule has 1 aliphatic rings. The lowest BCUT2D eigenvalue weighted by Gasteiger charge is -2.36. The second-order valence-electron chi connectivity index (χ2n) is 9.48. The average Bonchev–Trinajstić information content (AvgIpc) is 3.58. The molecule has 1 saturated carbocycles. The van der Waals surface area contributed by atoms with Crippen molar-refractivity contribution in [1.29, 1.82) is 0 Å². The van der Waals surface area contributed by atoms with Crippen molar-refractivity contribution in [1.82, 2.24) is 14.4 Å². The molecular formula is C29H37N3O3. The number of benzene rings is 1. The monoisotopic (exact) mass is 475 g/mol. The summed E-state index contributed by atoms with van der Waals surface area (Å²) in [5.74, 6) is 0.0862. The highest BCUT2D eigenvalue weighted by atomic mass is 16.3. The van der Waals surface area contributed by atoms with E-state index in [0.717, 1.165) is 50.8 Å². The second-order valence-corrected chi connectivity index (χ2v) is 9.48. The van der Waals surface area contributed by atoms with Crippen LogP contribution in [0.1, 0.15) is 73.7 Å². The molecule has 0 spiro atoms. The van der Waals surface area contributed by atoms with Gasteiger partial charge in [-0.15, -0.1) is 0 Å². The minimum absolute atomic E-state index is 0.0142. The highest BCUT2D eigenvalue weighted by Gasteiger charge is 2.29. The largest absolute Gasteiger partial charge is 0.459 e. The smallest absolute Gasteiger partial charge is 0.290 e. The van der Waals surface area contributed by atoms with E-state index in [0.29, 0.717) is 13.1 Å². The van der Waals surface area contributed by atoms with E-state index in [1.54, 1.807) is 17.0 Å². The van der Waals surface area contributed by atoms with Crippen molar-refractivity contribution in [3.05, 3.63) is 84.1 Å². The van der Waals surface area contributed by atoms with Crippen molar-refractivity contribution in [3.8, 4) is 0 Å². The molecule has 2 amide bonds. The van der Waals surface area contributed by atoms with E-state index in [4.69, 9.17) is 4.42 Å². The zero-order chi connectivity index (χ0) is 24.5. The van der Waals surface area contributed by atoms with Crippen LogP contribution < -0.4 is 0 Å². The quantitative estimate of drug-likeness (QED) is 0.356. The minimum atomic E-state index is -0.215. The lowest BCUT2D eigenvalue weighted by atomic mass is 9.94. The number of aromatic nitrogens is 1. The van der Waals surface area contributed by atoms with Crippen LogP contribution in [0.4, 0.5) is 0 Å². The maximum absolute atomic E-state index is 13.8. The Morgan fingerprint density at radius 3 is 2.51 bits per heavy atom. The molecular weight excluding hydrogens is 438 g/mol. The fourth-order valence-electron chi connectivity index (χ4n) is 4.93. The highest BCUT2D eigenvalue weighted by Crippen LogP contribution is 2.25. The maximum atomic E-state index is 13.8. The van der Waals surface area contributed by atoms with E-state index in [1.165, 1.54) is 18.2 Å². The summed E-state index contributed by atoms with van der Waals surface area (Å²) in [4.78, 5) is 30.5. The summed E-state index contributed by atoms with van der Waals surface area (Å²) in [6.45, 7) is 4.04. The number of amides is 2. The van der Waals surface area contributed by atoms with Crippen LogP contribution in [-0.2, 0) is 17.9 Å². The first-order valence-corrected chi connectivity index (χ1v) is 13.0. The standard InChI is InChI=1S/C29H37N3O3/c1-2-3-18-31(29(34)27-17-11-20-35-27)23-28(33)32(25-14-8-5-9-15-25)22-26-16-10-19-30(26)21-24-12-6-4-7-13-24/h4,6-7,10-13,16-17,19-20,25H,2-3,5,8-9,14-15,18,21-23H2,1H3. The first kappa shape index (κ1) is 24.8. The predicted octanol–water partition coefficient (Wildman–Crippen LogP) is 5.73. The van der Waals surface area contributed by atoms with Crippen molar-refractivity contribution in [3.63, 3.8) is 0 Å². The van der Waals surface area contributed by atoms with Gasteiger partial charge in [-0.05, 0) is 49.1 Å². The molecule has 186 valence electrons. The van der Waals surface area contributed by atoms with Gasteiger partial charge in [-0.1, -0.05) is 62.9 Å². The summed E-state index contributed by atoms with van der Waals surface area (Å²) < 4.78 is 7.58. The molecule has 0 N–H and O–H groups in total. The van der Waals surface area contributed by atoms with Gasteiger partial charge in [0.05, 0.1) is 12.8 Å². The van der Waals surface area contributed by atoms with Crippen LogP contribution in [-0.4, -0.2) is 45.3 Å². The summed E-state index contributed by atoms with van der Waals surface area (Å²) in [5, 5.41) is 0. The van der Waals surface area contributed by atoms with Crippen molar-refractivity contribution in [2.45, 2.75) is 71.0 Å². The number of carbonyl (C=O) groups excluding carboxylic acids is 2. The molecule has 1 fully saturated rings. The molecule has 0 aliphatic heterocycles. The Morgan fingerprint density at radius 2 is 1.80 bits per heavy atom. The number of nitrogens with zero attached hydrogens (tertiary/aromatic N) is 3. The zero-order valence-corrected chi connectivity index (χ0v) is 20.8. The number of furan rings is 1. The van der Waals surface area contributed by atoms with Crippen LogP contribution in [0.3, 0.4) is 0 Å². The third-order valence-corrected chi connectivity index (χ3v) is 6.91. The fraction of sp³-hybridized carbons (Fsp3) is 0.448. The molecule has 0 radical (unpaired) electrons. The van der Waals surface area contributed by atoms with E-state index in [-0.39, 0.29) is 30.2 Å². The third-order valence-electron chi connectivity index (χ3n) is 6.91. The van der Waals surface area contributed by atoms with Crippen LogP contribution in [0.15, 0.2) is 71.5 Å². The zero-order valence-electron chi connectivity index (χ0n) is 20.8. The van der Waals surface area contributed by atoms with E-state index < -0.39 is 0 Å². The Labute approximate surface area is 208 Å². The van der Waals surface area contributed by atoms with Crippen LogP contribution in [0.25, 0.3) is 0 Å². The summed E-state index contributed by atoms with van der Waals surface area (Å²) in [6, 6.07) is 18.1. The van der Waals surface area contributed by atoms with Crippen molar-refractivity contribution in [2.24, 2.45) is 0 Å². The third kappa shape index (κ3) is 6.65. The molecule has 2 heterocycles. The van der Waals surface area contributed by atoms with Crippen LogP contribution in [0.2, 0.25) is 0 Å². The average molecular weight is 476 g/mol. The van der Waals surface area contributed by atoms with Crippen molar-refractivity contribution < 1.29 is 14.0 Å². The van der Waals surface area contributed by atoms with Gasteiger partial charge in [0.15, 0.2) is 5.76 Å². The van der Waals surface area contributed by atoms with Gasteiger partial charge in [-0.3, -0.25) is 9.59 Å². The molecule has 35 heavy (non-hydrogen) atoms. The number of unbranched alkanes of at least 4 members (excludes halogenated alkanes) is 1. The summed E-state index contributed by atoms with van der Waals surface area (Å²) in [7, 11) is 0. The van der Waals surface area contributed by atoms with Gasteiger partial charge < -0.3 is 18.8 Å². The number of hydrogen-bond donors (Lipinski definition) is 0. The Morgan fingerprint density at radius 1 is 1.00 bits per heavy atom. The topological polar surface area (TPSA) is 58.7 Å². The van der Waals surface area contributed by atoms with Crippen LogP contribution in [0, 0.1) is 0 Å². The molecule has 0 bridgehead atoms. The molecule has 1 aromatic carbocycles. The van der Waals surface area contributed by atoms with Gasteiger partial charge in [0.1, 0.15) is 6.54 Å². The van der Waals surface area contributed by atoms with E-state index in [9.17, 15) is 9.59 Å². The number of rotatable bonds is 11. The van der Waals surface area contributed by atoms with Crippen molar-refractivity contribution >= 4 is 11.8 Å². The lowest BCUT2D eigenvalue weighted by molar-refractivity contribution is -0.135. The Balaban J connectivity index is 1.53. The Bertz CT molecular complexity index is 1050. The Hall–Kier alpha value is -3.28. The van der Waals surface area contributed by atoms with Crippen LogP contribution >= 0.6 is 0 Å². The lowest BCUT2D eigenvalue weighted by Crippen LogP contribution is -2.47. The molecule has 0 saturated heterocycles. The molecule has 1 aliphatic carbocycles. The normalized spacial score (nSPS) is 14.1. The minimum Gasteiger partial charge on any atom is -0.459 e. The van der Waals surface area contributed by atoms with Gasteiger partial charge >= 0.3 is 0 Å². The summed E-state index contributed by atoms with van der Waals surface area (Å²) in [5.41, 5.74) is 2.35. The molecule has 6 nitrogen and oxygen atoms in total. The second kappa shape index (κ2) is 12.4. The molecule has 0 unspecified atom stereocenters. The highest BCUT2D eigenvalue weighted by molar-refractivity contribution is 5.94. The van der Waals surface area contributed by atoms with Crippen LogP contribution in [0.5, 0.6) is 0 Å². The van der Waals surface area contributed by atoms with E-state index >= 15 is 0 Å². The SMILES string of the molecule is CCCCN(CC(=O)N(Cc1cccn1Cc1ccccc1)C1CCCCC1)C(=O)c1ccco1. The number of hydrogen-bond acceptors (Lipinski definition) is 3. The predicted molar refractivity (Wildman–Crippen MR) is 137 cm³/mol. The van der Waals surface area contributed by atoms with Gasteiger partial charge in [0, 0.05) is 31.0 Å². The molecule has 2 aromatic heterocycles. The first-order valence-electron chi connectivity index (χ1n) is 13.0. The molecule has 6 heteroatoms. The van der Waals surface area contributed by atoms with E-state index in [2.05, 4.69) is 54.1 Å². The van der Waals surface area contributed by atoms with Crippen molar-refractivity contribution in [2.75, 3.05) is 13.1 Å². The summed E-state index contributed by atoms with van der Waals surface area (Å²) >= 11 is 0. The Kier molecular flexibility index (Phi) is 8.82. The molecule has 3 aromatic rings. The fourth-order valence-corrected chi connectivity index (χ4v) is 4.93. The molecule has 0 atom stereocenters.